The first kappa shape index (κ1) is 22.1. The number of benzene rings is 1. The van der Waals surface area contributed by atoms with Crippen LogP contribution < -0.4 is 5.32 Å². The van der Waals surface area contributed by atoms with Gasteiger partial charge in [0.1, 0.15) is 0 Å². The topological polar surface area (TPSA) is 104 Å². The van der Waals surface area contributed by atoms with Crippen molar-refractivity contribution in [2.75, 3.05) is 19.6 Å². The Bertz CT molecular complexity index is 742. The summed E-state index contributed by atoms with van der Waals surface area (Å²) in [6, 6.07) is 4.49. The number of nitrogens with zero attached hydrogens (tertiary/aromatic N) is 1. The third-order valence-corrected chi connectivity index (χ3v) is 6.46. The van der Waals surface area contributed by atoms with Gasteiger partial charge in [-0.3, -0.25) is 9.59 Å². The van der Waals surface area contributed by atoms with Gasteiger partial charge in [-0.15, -0.1) is 0 Å². The lowest BCUT2D eigenvalue weighted by Gasteiger charge is -2.20. The number of nitrogens with one attached hydrogen (secondary N) is 1. The van der Waals surface area contributed by atoms with Crippen LogP contribution in [-0.4, -0.2) is 49.3 Å². The number of carbonyl (C=O) groups is 2. The molecule has 0 aliphatic carbocycles. The van der Waals surface area contributed by atoms with Gasteiger partial charge in [0.25, 0.3) is 5.91 Å². The summed E-state index contributed by atoms with van der Waals surface area (Å²) in [5.41, 5.74) is 0.754. The summed E-state index contributed by atoms with van der Waals surface area (Å²) >= 11 is 0. The molecule has 1 aromatic carbocycles. The number of aryl methyl sites for hydroxylation is 1. The van der Waals surface area contributed by atoms with Gasteiger partial charge < -0.3 is 10.4 Å². The van der Waals surface area contributed by atoms with Crippen molar-refractivity contribution in [3.63, 3.8) is 0 Å². The van der Waals surface area contributed by atoms with Gasteiger partial charge in [0.15, 0.2) is 0 Å². The largest absolute Gasteiger partial charge is 0.481 e. The van der Waals surface area contributed by atoms with Crippen LogP contribution in [0.4, 0.5) is 0 Å². The van der Waals surface area contributed by atoms with E-state index in [0.29, 0.717) is 31.5 Å². The maximum absolute atomic E-state index is 12.7. The highest BCUT2D eigenvalue weighted by Gasteiger charge is 2.25. The van der Waals surface area contributed by atoms with E-state index in [1.807, 2.05) is 6.92 Å². The highest BCUT2D eigenvalue weighted by Crippen LogP contribution is 2.21. The second-order valence-electron chi connectivity index (χ2n) is 6.10. The third kappa shape index (κ3) is 5.28. The molecular formula is C18H28N2O5S. The second kappa shape index (κ2) is 9.68. The Balaban J connectivity index is 3.06. The first-order chi connectivity index (χ1) is 12.2. The van der Waals surface area contributed by atoms with Crippen LogP contribution >= 0.6 is 0 Å². The summed E-state index contributed by atoms with van der Waals surface area (Å²) < 4.78 is 26.8. The first-order valence-corrected chi connectivity index (χ1v) is 10.2. The van der Waals surface area contributed by atoms with Crippen molar-refractivity contribution in [2.45, 2.75) is 45.4 Å². The molecule has 0 aliphatic rings. The number of sulfonamides is 1. The molecular weight excluding hydrogens is 356 g/mol. The lowest BCUT2D eigenvalue weighted by molar-refractivity contribution is -0.141. The molecule has 1 unspecified atom stereocenters. The molecule has 146 valence electrons. The number of amides is 1. The van der Waals surface area contributed by atoms with Gasteiger partial charge in [0.2, 0.25) is 10.0 Å². The summed E-state index contributed by atoms with van der Waals surface area (Å²) in [6.07, 6.45) is 1.16. The summed E-state index contributed by atoms with van der Waals surface area (Å²) in [7, 11) is -3.68. The quantitative estimate of drug-likeness (QED) is 0.644. The van der Waals surface area contributed by atoms with Gasteiger partial charge in [-0.05, 0) is 31.0 Å². The minimum Gasteiger partial charge on any atom is -0.481 e. The van der Waals surface area contributed by atoms with Crippen LogP contribution in [0.2, 0.25) is 0 Å². The van der Waals surface area contributed by atoms with Gasteiger partial charge >= 0.3 is 5.97 Å². The van der Waals surface area contributed by atoms with Crippen LogP contribution in [0, 0.1) is 12.8 Å². The van der Waals surface area contributed by atoms with E-state index in [4.69, 9.17) is 5.11 Å². The van der Waals surface area contributed by atoms with Crippen molar-refractivity contribution in [1.29, 1.82) is 0 Å². The summed E-state index contributed by atoms with van der Waals surface area (Å²) in [4.78, 5) is 23.6. The van der Waals surface area contributed by atoms with Crippen LogP contribution in [0.5, 0.6) is 0 Å². The Morgan fingerprint density at radius 2 is 1.81 bits per heavy atom. The van der Waals surface area contributed by atoms with Crippen molar-refractivity contribution in [3.8, 4) is 0 Å². The molecule has 8 heteroatoms. The zero-order chi connectivity index (χ0) is 19.9. The molecule has 1 aromatic rings. The molecule has 0 spiro atoms. The molecule has 1 rings (SSSR count). The van der Waals surface area contributed by atoms with Gasteiger partial charge in [-0.2, -0.15) is 4.31 Å². The average molecular weight is 384 g/mol. The Morgan fingerprint density at radius 1 is 1.19 bits per heavy atom. The third-order valence-electron chi connectivity index (χ3n) is 4.27. The zero-order valence-electron chi connectivity index (χ0n) is 15.8. The highest BCUT2D eigenvalue weighted by atomic mass is 32.2. The Kier molecular flexibility index (Phi) is 8.23. The fourth-order valence-electron chi connectivity index (χ4n) is 2.70. The van der Waals surface area contributed by atoms with Crippen molar-refractivity contribution in [1.82, 2.24) is 9.62 Å². The molecule has 0 heterocycles. The predicted octanol–water partition coefficient (Wildman–Crippen LogP) is 2.26. The average Bonchev–Trinajstić information content (AvgIpc) is 2.59. The molecule has 0 saturated heterocycles. The smallest absolute Gasteiger partial charge is 0.308 e. The highest BCUT2D eigenvalue weighted by molar-refractivity contribution is 7.89. The summed E-state index contributed by atoms with van der Waals surface area (Å²) in [6.45, 7) is 7.76. The van der Waals surface area contributed by atoms with Crippen molar-refractivity contribution < 1.29 is 23.1 Å². The molecule has 0 saturated carbocycles. The number of carboxylic acids is 1. The molecule has 0 radical (unpaired) electrons. The van der Waals surface area contributed by atoms with E-state index >= 15 is 0 Å². The minimum atomic E-state index is -3.68. The second-order valence-corrected chi connectivity index (χ2v) is 8.01. The monoisotopic (exact) mass is 384 g/mol. The van der Waals surface area contributed by atoms with Crippen molar-refractivity contribution in [3.05, 3.63) is 29.3 Å². The normalized spacial score (nSPS) is 12.8. The fourth-order valence-corrected chi connectivity index (χ4v) is 4.41. The number of carbonyl (C=O) groups excluding carboxylic acids is 1. The van der Waals surface area contributed by atoms with Crippen LogP contribution in [0.1, 0.15) is 49.5 Å². The fraction of sp³-hybridized carbons (Fsp3) is 0.556. The molecule has 0 aliphatic heterocycles. The van der Waals surface area contributed by atoms with Crippen LogP contribution in [-0.2, 0) is 14.8 Å². The molecule has 0 bridgehead atoms. The van der Waals surface area contributed by atoms with E-state index in [-0.39, 0.29) is 17.0 Å². The molecule has 1 atom stereocenters. The van der Waals surface area contributed by atoms with Gasteiger partial charge in [0, 0.05) is 25.2 Å². The molecule has 2 N–H and O–H groups in total. The van der Waals surface area contributed by atoms with E-state index in [2.05, 4.69) is 5.32 Å². The zero-order valence-corrected chi connectivity index (χ0v) is 16.6. The predicted molar refractivity (Wildman–Crippen MR) is 99.7 cm³/mol. The van der Waals surface area contributed by atoms with Gasteiger partial charge in [-0.25, -0.2) is 8.42 Å². The molecule has 1 amide bonds. The van der Waals surface area contributed by atoms with E-state index in [0.717, 1.165) is 0 Å². The molecule has 0 aromatic heterocycles. The Morgan fingerprint density at radius 3 is 2.31 bits per heavy atom. The van der Waals surface area contributed by atoms with Crippen molar-refractivity contribution >= 4 is 21.9 Å². The van der Waals surface area contributed by atoms with E-state index < -0.39 is 27.8 Å². The molecule has 0 fully saturated rings. The standard InChI is InChI=1S/C18H28N2O5S/c1-5-8-15(18(22)23)12-19-17(21)14-10-9-13(4)16(11-14)26(24,25)20(6-2)7-3/h9-11,15H,5-8,12H2,1-4H3,(H,19,21)(H,22,23). The number of rotatable bonds is 10. The van der Waals surface area contributed by atoms with Gasteiger partial charge in [0.05, 0.1) is 10.8 Å². The Labute approximate surface area is 155 Å². The number of carboxylic acid groups (broad SMARTS) is 1. The van der Waals surface area contributed by atoms with E-state index in [1.165, 1.54) is 10.4 Å². The van der Waals surface area contributed by atoms with Crippen molar-refractivity contribution in [2.24, 2.45) is 5.92 Å². The summed E-state index contributed by atoms with van der Waals surface area (Å²) in [5, 5.41) is 11.7. The number of aliphatic carboxylic acids is 1. The maximum atomic E-state index is 12.7. The van der Waals surface area contributed by atoms with E-state index in [1.54, 1.807) is 32.9 Å². The lowest BCUT2D eigenvalue weighted by atomic mass is 10.0. The summed E-state index contributed by atoms with van der Waals surface area (Å²) in [5.74, 6) is -2.10. The van der Waals surface area contributed by atoms with E-state index in [9.17, 15) is 18.0 Å². The molecule has 7 nitrogen and oxygen atoms in total. The van der Waals surface area contributed by atoms with Crippen LogP contribution in [0.3, 0.4) is 0 Å². The van der Waals surface area contributed by atoms with Gasteiger partial charge in [-0.1, -0.05) is 33.3 Å². The SMILES string of the molecule is CCCC(CNC(=O)c1ccc(C)c(S(=O)(=O)N(CC)CC)c1)C(=O)O. The maximum Gasteiger partial charge on any atom is 0.308 e. The van der Waals surface area contributed by atoms with Crippen LogP contribution in [0.15, 0.2) is 23.1 Å². The lowest BCUT2D eigenvalue weighted by Crippen LogP contribution is -2.33. The minimum absolute atomic E-state index is 0.00795. The van der Waals surface area contributed by atoms with Crippen LogP contribution in [0.25, 0.3) is 0 Å². The molecule has 26 heavy (non-hydrogen) atoms. The number of hydrogen-bond acceptors (Lipinski definition) is 4. The number of hydrogen-bond donors (Lipinski definition) is 2. The first-order valence-electron chi connectivity index (χ1n) is 8.80. The Hall–Kier alpha value is -1.93.